The first-order valence-corrected chi connectivity index (χ1v) is 14.3. The lowest BCUT2D eigenvalue weighted by molar-refractivity contribution is -0.118. The zero-order valence-corrected chi connectivity index (χ0v) is 23.9. The number of fused-ring (bicyclic) bond motifs is 3. The number of benzene rings is 2. The van der Waals surface area contributed by atoms with E-state index in [4.69, 9.17) is 19.2 Å². The molecule has 0 bridgehead atoms. The minimum atomic E-state index is -0.375. The number of methoxy groups -OCH3 is 3. The molecule has 1 aliphatic carbocycles. The van der Waals surface area contributed by atoms with Gasteiger partial charge in [0.1, 0.15) is 10.6 Å². The fraction of sp³-hybridized carbons (Fsp3) is 0.286. The highest BCUT2D eigenvalue weighted by molar-refractivity contribution is 7.99. The maximum atomic E-state index is 13.9. The third-order valence-electron chi connectivity index (χ3n) is 6.53. The van der Waals surface area contributed by atoms with Crippen LogP contribution in [0.1, 0.15) is 28.8 Å². The van der Waals surface area contributed by atoms with Crippen molar-refractivity contribution in [2.24, 2.45) is 5.10 Å². The van der Waals surface area contributed by atoms with E-state index in [1.54, 1.807) is 59.4 Å². The SMILES string of the molecule is COc1ccc(-n2c(SCC(=O)NN=Cc3cc(OC)c(O)c(OC)c3)nc3sc4c(c3c2=O)CCCC4)cc1. The first-order chi connectivity index (χ1) is 19.4. The van der Waals surface area contributed by atoms with Crippen LogP contribution in [0.4, 0.5) is 0 Å². The van der Waals surface area contributed by atoms with Crippen LogP contribution < -0.4 is 25.2 Å². The van der Waals surface area contributed by atoms with Crippen molar-refractivity contribution >= 4 is 45.4 Å². The Kier molecular flexibility index (Phi) is 8.27. The Bertz CT molecular complexity index is 1620. The molecule has 0 atom stereocenters. The number of ether oxygens (including phenoxy) is 3. The number of hydrogen-bond acceptors (Lipinski definition) is 10. The van der Waals surface area contributed by atoms with E-state index in [-0.39, 0.29) is 34.5 Å². The van der Waals surface area contributed by atoms with Crippen LogP contribution in [-0.2, 0) is 17.6 Å². The van der Waals surface area contributed by atoms with Gasteiger partial charge in [-0.25, -0.2) is 10.4 Å². The van der Waals surface area contributed by atoms with Crippen molar-refractivity contribution in [1.82, 2.24) is 15.0 Å². The zero-order chi connectivity index (χ0) is 28.2. The molecule has 1 aliphatic rings. The van der Waals surface area contributed by atoms with Crippen molar-refractivity contribution in [3.63, 3.8) is 0 Å². The van der Waals surface area contributed by atoms with Crippen LogP contribution in [0, 0.1) is 0 Å². The average molecular weight is 581 g/mol. The van der Waals surface area contributed by atoms with Gasteiger partial charge in [-0.2, -0.15) is 5.10 Å². The minimum absolute atomic E-state index is 0.0151. The Labute approximate surface area is 238 Å². The lowest BCUT2D eigenvalue weighted by atomic mass is 9.97. The number of amides is 1. The largest absolute Gasteiger partial charge is 0.502 e. The summed E-state index contributed by atoms with van der Waals surface area (Å²) in [6, 6.07) is 10.3. The Morgan fingerprint density at radius 1 is 1.12 bits per heavy atom. The number of thioether (sulfide) groups is 1. The molecule has 0 aliphatic heterocycles. The predicted octanol–water partition coefficient (Wildman–Crippen LogP) is 4.30. The molecule has 208 valence electrons. The number of aromatic hydroxyl groups is 1. The molecular weight excluding hydrogens is 552 g/mol. The second-order valence-corrected chi connectivity index (χ2v) is 11.0. The molecule has 10 nitrogen and oxygen atoms in total. The van der Waals surface area contributed by atoms with Gasteiger partial charge in [0.15, 0.2) is 16.7 Å². The van der Waals surface area contributed by atoms with Crippen LogP contribution >= 0.6 is 23.1 Å². The van der Waals surface area contributed by atoms with Gasteiger partial charge in [0, 0.05) is 10.4 Å². The van der Waals surface area contributed by atoms with Crippen molar-refractivity contribution in [3.05, 3.63) is 62.8 Å². The minimum Gasteiger partial charge on any atom is -0.502 e. The number of nitrogens with zero attached hydrogens (tertiary/aromatic N) is 3. The molecule has 0 saturated heterocycles. The highest BCUT2D eigenvalue weighted by Crippen LogP contribution is 2.37. The van der Waals surface area contributed by atoms with Crippen molar-refractivity contribution in [1.29, 1.82) is 0 Å². The number of phenolic OH excluding ortho intramolecular Hbond substituents is 1. The molecule has 0 spiro atoms. The van der Waals surface area contributed by atoms with E-state index >= 15 is 0 Å². The zero-order valence-electron chi connectivity index (χ0n) is 22.2. The number of rotatable bonds is 9. The standard InChI is InChI=1S/C28H28N4O6S2/c1-36-18-10-8-17(9-11-18)32-27(35)24-19-6-4-5-7-22(19)40-26(24)30-28(32)39-15-23(33)31-29-14-16-12-20(37-2)25(34)21(13-16)38-3/h8-14,34H,4-7,15H2,1-3H3,(H,31,33). The summed E-state index contributed by atoms with van der Waals surface area (Å²) >= 11 is 2.73. The average Bonchev–Trinajstić information content (AvgIpc) is 3.35. The first-order valence-electron chi connectivity index (χ1n) is 12.5. The highest BCUT2D eigenvalue weighted by atomic mass is 32.2. The Morgan fingerprint density at radius 2 is 1.82 bits per heavy atom. The topological polar surface area (TPSA) is 124 Å². The molecule has 12 heteroatoms. The third-order valence-corrected chi connectivity index (χ3v) is 8.65. The predicted molar refractivity (Wildman–Crippen MR) is 156 cm³/mol. The van der Waals surface area contributed by atoms with Gasteiger partial charge in [-0.05, 0) is 67.6 Å². The summed E-state index contributed by atoms with van der Waals surface area (Å²) in [5.74, 6) is 0.598. The van der Waals surface area contributed by atoms with Gasteiger partial charge in [-0.3, -0.25) is 14.2 Å². The molecule has 0 fully saturated rings. The molecule has 0 unspecified atom stereocenters. The lowest BCUT2D eigenvalue weighted by Crippen LogP contribution is -2.24. The van der Waals surface area contributed by atoms with Crippen molar-refractivity contribution < 1.29 is 24.1 Å². The smallest absolute Gasteiger partial charge is 0.267 e. The van der Waals surface area contributed by atoms with Crippen LogP contribution in [0.5, 0.6) is 23.0 Å². The summed E-state index contributed by atoms with van der Waals surface area (Å²) in [6.45, 7) is 0. The molecule has 0 saturated carbocycles. The molecule has 4 aromatic rings. The number of hydrazone groups is 1. The van der Waals surface area contributed by atoms with Crippen LogP contribution in [0.2, 0.25) is 0 Å². The van der Waals surface area contributed by atoms with E-state index in [1.807, 2.05) is 0 Å². The molecule has 2 aromatic heterocycles. The number of carbonyl (C=O) groups excluding carboxylic acids is 1. The summed E-state index contributed by atoms with van der Waals surface area (Å²) in [5.41, 5.74) is 4.67. The van der Waals surface area contributed by atoms with Gasteiger partial charge in [0.2, 0.25) is 5.75 Å². The Morgan fingerprint density at radius 3 is 2.50 bits per heavy atom. The van der Waals surface area contributed by atoms with E-state index in [2.05, 4.69) is 10.5 Å². The lowest BCUT2D eigenvalue weighted by Gasteiger charge is -2.14. The highest BCUT2D eigenvalue weighted by Gasteiger charge is 2.23. The first kappa shape index (κ1) is 27.5. The molecular formula is C28H28N4O6S2. The maximum Gasteiger partial charge on any atom is 0.267 e. The van der Waals surface area contributed by atoms with E-state index in [9.17, 15) is 14.7 Å². The van der Waals surface area contributed by atoms with Gasteiger partial charge >= 0.3 is 0 Å². The molecule has 2 heterocycles. The van der Waals surface area contributed by atoms with Crippen molar-refractivity contribution in [3.8, 4) is 28.7 Å². The van der Waals surface area contributed by atoms with Crippen LogP contribution in [0.25, 0.3) is 15.9 Å². The number of nitrogens with one attached hydrogen (secondary N) is 1. The van der Waals surface area contributed by atoms with Crippen molar-refractivity contribution in [2.75, 3.05) is 27.1 Å². The number of thiophene rings is 1. The van der Waals surface area contributed by atoms with Crippen LogP contribution in [-0.4, -0.2) is 53.9 Å². The second-order valence-electron chi connectivity index (χ2n) is 8.98. The third kappa shape index (κ3) is 5.50. The molecule has 40 heavy (non-hydrogen) atoms. The molecule has 1 amide bonds. The fourth-order valence-electron chi connectivity index (χ4n) is 4.57. The van der Waals surface area contributed by atoms with E-state index in [0.29, 0.717) is 32.4 Å². The number of aryl methyl sites for hydroxylation is 2. The molecule has 5 rings (SSSR count). The van der Waals surface area contributed by atoms with Gasteiger partial charge in [0.05, 0.1) is 44.4 Å². The van der Waals surface area contributed by atoms with Crippen LogP contribution in [0.15, 0.2) is 51.5 Å². The summed E-state index contributed by atoms with van der Waals surface area (Å²) in [6.07, 6.45) is 5.42. The van der Waals surface area contributed by atoms with Gasteiger partial charge < -0.3 is 19.3 Å². The normalized spacial score (nSPS) is 12.9. The number of aromatic nitrogens is 2. The number of hydrogen-bond donors (Lipinski definition) is 2. The van der Waals surface area contributed by atoms with Crippen molar-refractivity contribution in [2.45, 2.75) is 30.8 Å². The summed E-state index contributed by atoms with van der Waals surface area (Å²) in [4.78, 5) is 33.3. The van der Waals surface area contributed by atoms with E-state index < -0.39 is 0 Å². The number of carbonyl (C=O) groups is 1. The Balaban J connectivity index is 1.40. The quantitative estimate of drug-likeness (QED) is 0.130. The van der Waals surface area contributed by atoms with Gasteiger partial charge in [-0.1, -0.05) is 11.8 Å². The van der Waals surface area contributed by atoms with E-state index in [1.165, 1.54) is 25.3 Å². The van der Waals surface area contributed by atoms with Gasteiger partial charge in [0.25, 0.3) is 11.5 Å². The molecule has 2 aromatic carbocycles. The number of phenols is 1. The fourth-order valence-corrected chi connectivity index (χ4v) is 6.68. The monoisotopic (exact) mass is 580 g/mol. The summed E-state index contributed by atoms with van der Waals surface area (Å²) in [7, 11) is 4.44. The van der Waals surface area contributed by atoms with Crippen LogP contribution in [0.3, 0.4) is 0 Å². The second kappa shape index (κ2) is 12.0. The van der Waals surface area contributed by atoms with Gasteiger partial charge in [-0.15, -0.1) is 11.3 Å². The summed E-state index contributed by atoms with van der Waals surface area (Å²) in [5, 5.41) is 15.2. The maximum absolute atomic E-state index is 13.9. The van der Waals surface area contributed by atoms with E-state index in [0.717, 1.165) is 43.0 Å². The summed E-state index contributed by atoms with van der Waals surface area (Å²) < 4.78 is 17.1. The molecule has 0 radical (unpaired) electrons. The molecule has 2 N–H and O–H groups in total. The Hall–Kier alpha value is -4.03.